The van der Waals surface area contributed by atoms with Crippen LogP contribution in [0.3, 0.4) is 0 Å². The van der Waals surface area contributed by atoms with E-state index in [1.807, 2.05) is 32.9 Å². The lowest BCUT2D eigenvalue weighted by Gasteiger charge is -2.10. The fourth-order valence-corrected chi connectivity index (χ4v) is 2.01. The fourth-order valence-electron chi connectivity index (χ4n) is 1.74. The Morgan fingerprint density at radius 3 is 2.53 bits per heavy atom. The SMILES string of the molecule is Cc1nc2c(C)cc(Cl)cc2c(N)c1C. The molecule has 2 nitrogen and oxygen atoms in total. The molecule has 1 aromatic carbocycles. The van der Waals surface area contributed by atoms with E-state index in [-0.39, 0.29) is 0 Å². The van der Waals surface area contributed by atoms with E-state index in [9.17, 15) is 0 Å². The Kier molecular flexibility index (Phi) is 2.31. The van der Waals surface area contributed by atoms with E-state index in [1.165, 1.54) is 0 Å². The minimum Gasteiger partial charge on any atom is -0.398 e. The van der Waals surface area contributed by atoms with Gasteiger partial charge in [-0.2, -0.15) is 0 Å². The molecule has 0 radical (unpaired) electrons. The third-order valence-corrected chi connectivity index (χ3v) is 3.00. The maximum Gasteiger partial charge on any atom is 0.0756 e. The molecule has 15 heavy (non-hydrogen) atoms. The number of hydrogen-bond acceptors (Lipinski definition) is 2. The van der Waals surface area contributed by atoms with Gasteiger partial charge in [0.1, 0.15) is 0 Å². The molecule has 0 saturated carbocycles. The van der Waals surface area contributed by atoms with Crippen molar-refractivity contribution in [2.45, 2.75) is 20.8 Å². The van der Waals surface area contributed by atoms with Crippen molar-refractivity contribution in [3.63, 3.8) is 0 Å². The van der Waals surface area contributed by atoms with Crippen LogP contribution < -0.4 is 5.73 Å². The number of halogens is 1. The normalized spacial score (nSPS) is 10.9. The van der Waals surface area contributed by atoms with Gasteiger partial charge in [0.15, 0.2) is 0 Å². The van der Waals surface area contributed by atoms with Crippen LogP contribution in [0.25, 0.3) is 10.9 Å². The summed E-state index contributed by atoms with van der Waals surface area (Å²) >= 11 is 6.00. The number of fused-ring (bicyclic) bond motifs is 1. The molecule has 78 valence electrons. The molecule has 0 amide bonds. The molecule has 2 rings (SSSR count). The van der Waals surface area contributed by atoms with Crippen molar-refractivity contribution < 1.29 is 0 Å². The van der Waals surface area contributed by atoms with E-state index in [1.54, 1.807) is 0 Å². The lowest BCUT2D eigenvalue weighted by Crippen LogP contribution is -1.98. The second-order valence-corrected chi connectivity index (χ2v) is 4.29. The average Bonchev–Trinajstić information content (AvgIpc) is 2.17. The van der Waals surface area contributed by atoms with Crippen molar-refractivity contribution in [2.24, 2.45) is 0 Å². The molecular weight excluding hydrogens is 208 g/mol. The van der Waals surface area contributed by atoms with Crippen molar-refractivity contribution in [2.75, 3.05) is 5.73 Å². The molecule has 0 spiro atoms. The van der Waals surface area contributed by atoms with Crippen molar-refractivity contribution in [1.82, 2.24) is 4.98 Å². The Balaban J connectivity index is 2.98. The van der Waals surface area contributed by atoms with Crippen LogP contribution in [0, 0.1) is 20.8 Å². The zero-order valence-electron chi connectivity index (χ0n) is 9.06. The number of anilines is 1. The summed E-state index contributed by atoms with van der Waals surface area (Å²) in [7, 11) is 0. The minimum absolute atomic E-state index is 0.705. The minimum atomic E-state index is 0.705. The fraction of sp³-hybridized carbons (Fsp3) is 0.250. The van der Waals surface area contributed by atoms with Crippen LogP contribution in [0.5, 0.6) is 0 Å². The predicted octanol–water partition coefficient (Wildman–Crippen LogP) is 3.40. The molecular formula is C12H13ClN2. The maximum absolute atomic E-state index is 6.06. The van der Waals surface area contributed by atoms with E-state index >= 15 is 0 Å². The largest absolute Gasteiger partial charge is 0.398 e. The highest BCUT2D eigenvalue weighted by Gasteiger charge is 2.09. The zero-order chi connectivity index (χ0) is 11.2. The van der Waals surface area contributed by atoms with Gasteiger partial charge < -0.3 is 5.73 Å². The van der Waals surface area contributed by atoms with Gasteiger partial charge in [0.25, 0.3) is 0 Å². The number of nitrogens with two attached hydrogens (primary N) is 1. The van der Waals surface area contributed by atoms with Gasteiger partial charge in [0, 0.05) is 21.8 Å². The molecule has 0 aliphatic carbocycles. The molecule has 3 heteroatoms. The summed E-state index contributed by atoms with van der Waals surface area (Å²) in [6.45, 7) is 5.95. The molecule has 2 aromatic rings. The van der Waals surface area contributed by atoms with Crippen LogP contribution in [0.1, 0.15) is 16.8 Å². The summed E-state index contributed by atoms with van der Waals surface area (Å²) in [6, 6.07) is 3.78. The van der Waals surface area contributed by atoms with Gasteiger partial charge in [-0.3, -0.25) is 4.98 Å². The van der Waals surface area contributed by atoms with E-state index < -0.39 is 0 Å². The van der Waals surface area contributed by atoms with Gasteiger partial charge in [-0.1, -0.05) is 11.6 Å². The number of rotatable bonds is 0. The van der Waals surface area contributed by atoms with Crippen molar-refractivity contribution in [3.05, 3.63) is 34.0 Å². The molecule has 0 saturated heterocycles. The number of pyridine rings is 1. The maximum atomic E-state index is 6.06. The van der Waals surface area contributed by atoms with Gasteiger partial charge in [-0.15, -0.1) is 0 Å². The highest BCUT2D eigenvalue weighted by Crippen LogP contribution is 2.29. The van der Waals surface area contributed by atoms with Gasteiger partial charge in [0.05, 0.1) is 5.52 Å². The third kappa shape index (κ3) is 1.55. The Labute approximate surface area is 94.1 Å². The highest BCUT2D eigenvalue weighted by atomic mass is 35.5. The monoisotopic (exact) mass is 220 g/mol. The number of benzene rings is 1. The molecule has 2 N–H and O–H groups in total. The van der Waals surface area contributed by atoms with Crippen LogP contribution >= 0.6 is 11.6 Å². The summed E-state index contributed by atoms with van der Waals surface area (Å²) in [4.78, 5) is 4.54. The first-order valence-corrected chi connectivity index (χ1v) is 5.21. The number of aryl methyl sites for hydroxylation is 2. The van der Waals surface area contributed by atoms with Crippen LogP contribution in [0.2, 0.25) is 5.02 Å². The Morgan fingerprint density at radius 2 is 1.87 bits per heavy atom. The van der Waals surface area contributed by atoms with Crippen LogP contribution in [0.15, 0.2) is 12.1 Å². The third-order valence-electron chi connectivity index (χ3n) is 2.78. The van der Waals surface area contributed by atoms with E-state index in [0.29, 0.717) is 5.02 Å². The molecule has 0 fully saturated rings. The van der Waals surface area contributed by atoms with E-state index in [0.717, 1.165) is 33.4 Å². The van der Waals surface area contributed by atoms with Crippen molar-refractivity contribution >= 4 is 28.2 Å². The molecule has 1 aromatic heterocycles. The summed E-state index contributed by atoms with van der Waals surface area (Å²) in [5.74, 6) is 0. The molecule has 0 aliphatic rings. The number of nitrogen functional groups attached to an aromatic ring is 1. The van der Waals surface area contributed by atoms with Gasteiger partial charge >= 0.3 is 0 Å². The van der Waals surface area contributed by atoms with Gasteiger partial charge in [-0.05, 0) is 44.0 Å². The quantitative estimate of drug-likeness (QED) is 0.739. The number of nitrogens with zero attached hydrogens (tertiary/aromatic N) is 1. The van der Waals surface area contributed by atoms with Gasteiger partial charge in [-0.25, -0.2) is 0 Å². The Morgan fingerprint density at radius 1 is 1.20 bits per heavy atom. The second-order valence-electron chi connectivity index (χ2n) is 3.85. The van der Waals surface area contributed by atoms with Crippen LogP contribution in [0.4, 0.5) is 5.69 Å². The van der Waals surface area contributed by atoms with Crippen LogP contribution in [-0.4, -0.2) is 4.98 Å². The standard InChI is InChI=1S/C12H13ClN2/c1-6-4-9(13)5-10-11(14)7(2)8(3)15-12(6)10/h4-5H,1-3H3,(H2,14,15). The smallest absolute Gasteiger partial charge is 0.0756 e. The summed E-state index contributed by atoms with van der Waals surface area (Å²) < 4.78 is 0. The predicted molar refractivity (Wildman–Crippen MR) is 65.4 cm³/mol. The molecule has 0 unspecified atom stereocenters. The zero-order valence-corrected chi connectivity index (χ0v) is 9.81. The molecule has 1 heterocycles. The summed E-state index contributed by atoms with van der Waals surface area (Å²) in [5, 5.41) is 1.65. The van der Waals surface area contributed by atoms with Crippen molar-refractivity contribution in [3.8, 4) is 0 Å². The number of hydrogen-bond donors (Lipinski definition) is 1. The lowest BCUT2D eigenvalue weighted by atomic mass is 10.0. The van der Waals surface area contributed by atoms with E-state index in [2.05, 4.69) is 4.98 Å². The topological polar surface area (TPSA) is 38.9 Å². The first-order valence-electron chi connectivity index (χ1n) is 4.83. The summed E-state index contributed by atoms with van der Waals surface area (Å²) in [5.41, 5.74) is 10.9. The second kappa shape index (κ2) is 3.38. The van der Waals surface area contributed by atoms with Crippen LogP contribution in [-0.2, 0) is 0 Å². The number of aromatic nitrogens is 1. The first-order chi connectivity index (χ1) is 7.00. The Bertz CT molecular complexity index is 547. The van der Waals surface area contributed by atoms with Gasteiger partial charge in [0.2, 0.25) is 0 Å². The Hall–Kier alpha value is -1.28. The van der Waals surface area contributed by atoms with Crippen molar-refractivity contribution in [1.29, 1.82) is 0 Å². The lowest BCUT2D eigenvalue weighted by molar-refractivity contribution is 1.19. The average molecular weight is 221 g/mol. The van der Waals surface area contributed by atoms with E-state index in [4.69, 9.17) is 17.3 Å². The first kappa shape index (κ1) is 10.2. The summed E-state index contributed by atoms with van der Waals surface area (Å²) in [6.07, 6.45) is 0. The molecule has 0 aliphatic heterocycles. The highest BCUT2D eigenvalue weighted by molar-refractivity contribution is 6.31. The molecule has 0 atom stereocenters. The molecule has 0 bridgehead atoms.